The fraction of sp³-hybridized carbons (Fsp3) is 0.263. The Morgan fingerprint density at radius 3 is 2.28 bits per heavy atom. The maximum Gasteiger partial charge on any atom is 0.269 e. The second kappa shape index (κ2) is 8.03. The lowest BCUT2D eigenvalue weighted by molar-refractivity contribution is -0.128. The highest BCUT2D eigenvalue weighted by Gasteiger charge is 2.25. The van der Waals surface area contributed by atoms with Gasteiger partial charge in [-0.3, -0.25) is 20.4 Å². The van der Waals surface area contributed by atoms with E-state index < -0.39 is 0 Å². The highest BCUT2D eigenvalue weighted by Crippen LogP contribution is 2.25. The van der Waals surface area contributed by atoms with Crippen molar-refractivity contribution in [2.45, 2.75) is 25.9 Å². The summed E-state index contributed by atoms with van der Waals surface area (Å²) in [6.07, 6.45) is 2.86. The van der Waals surface area contributed by atoms with Gasteiger partial charge in [0.2, 0.25) is 5.91 Å². The first kappa shape index (κ1) is 17.3. The third-order valence-corrected chi connectivity index (χ3v) is 4.46. The van der Waals surface area contributed by atoms with Crippen LogP contribution in [0.4, 0.5) is 0 Å². The molecule has 0 aromatic heterocycles. The van der Waals surface area contributed by atoms with E-state index in [2.05, 4.69) is 10.9 Å². The van der Waals surface area contributed by atoms with Crippen molar-refractivity contribution in [3.63, 3.8) is 0 Å². The van der Waals surface area contributed by atoms with E-state index in [4.69, 9.17) is 16.3 Å². The average molecular weight is 359 g/mol. The standard InChI is InChI=1S/C19H19ClN2O3/c20-16-8-10-17(11-9-16)25-12-13-4-6-15(7-5-13)19(24)22-21-18(23)14-2-1-3-14/h4-11,14H,1-3,12H2,(H,21,23)(H,22,24). The number of nitrogens with one attached hydrogen (secondary N) is 2. The topological polar surface area (TPSA) is 67.4 Å². The van der Waals surface area contributed by atoms with E-state index >= 15 is 0 Å². The van der Waals surface area contributed by atoms with Gasteiger partial charge in [0, 0.05) is 16.5 Å². The summed E-state index contributed by atoms with van der Waals surface area (Å²) in [5, 5.41) is 0.659. The monoisotopic (exact) mass is 358 g/mol. The summed E-state index contributed by atoms with van der Waals surface area (Å²) in [5.41, 5.74) is 6.33. The lowest BCUT2D eigenvalue weighted by Gasteiger charge is -2.23. The van der Waals surface area contributed by atoms with Crippen LogP contribution in [0.15, 0.2) is 48.5 Å². The van der Waals surface area contributed by atoms with Crippen LogP contribution in [0.5, 0.6) is 5.75 Å². The third kappa shape index (κ3) is 4.73. The number of rotatable bonds is 5. The first-order chi connectivity index (χ1) is 12.1. The number of carbonyl (C=O) groups excluding carboxylic acids is 2. The van der Waals surface area contributed by atoms with Crippen molar-refractivity contribution in [1.29, 1.82) is 0 Å². The van der Waals surface area contributed by atoms with E-state index in [1.807, 2.05) is 12.1 Å². The van der Waals surface area contributed by atoms with Crippen LogP contribution in [0.2, 0.25) is 5.02 Å². The minimum absolute atomic E-state index is 0.0349. The van der Waals surface area contributed by atoms with Gasteiger partial charge in [-0.2, -0.15) is 0 Å². The van der Waals surface area contributed by atoms with Crippen molar-refractivity contribution in [3.8, 4) is 5.75 Å². The van der Waals surface area contributed by atoms with Gasteiger partial charge in [-0.05, 0) is 54.8 Å². The number of ether oxygens (including phenoxy) is 1. The van der Waals surface area contributed by atoms with Crippen molar-refractivity contribution in [2.75, 3.05) is 0 Å². The smallest absolute Gasteiger partial charge is 0.269 e. The molecule has 0 unspecified atom stereocenters. The summed E-state index contributed by atoms with van der Waals surface area (Å²) >= 11 is 5.83. The molecule has 0 aliphatic heterocycles. The van der Waals surface area contributed by atoms with Gasteiger partial charge in [-0.1, -0.05) is 30.2 Å². The number of amides is 2. The van der Waals surface area contributed by atoms with Crippen LogP contribution in [0.3, 0.4) is 0 Å². The molecule has 2 N–H and O–H groups in total. The zero-order chi connectivity index (χ0) is 17.6. The molecular formula is C19H19ClN2O3. The van der Waals surface area contributed by atoms with Gasteiger partial charge in [0.05, 0.1) is 0 Å². The fourth-order valence-corrected chi connectivity index (χ4v) is 2.54. The van der Waals surface area contributed by atoms with Crippen LogP contribution >= 0.6 is 11.6 Å². The molecule has 1 fully saturated rings. The molecule has 130 valence electrons. The normalized spacial score (nSPS) is 13.6. The van der Waals surface area contributed by atoms with Crippen LogP contribution in [-0.4, -0.2) is 11.8 Å². The van der Waals surface area contributed by atoms with Crippen molar-refractivity contribution >= 4 is 23.4 Å². The van der Waals surface area contributed by atoms with E-state index in [1.165, 1.54) is 0 Å². The van der Waals surface area contributed by atoms with Gasteiger partial charge in [-0.25, -0.2) is 0 Å². The first-order valence-electron chi connectivity index (χ1n) is 8.19. The fourth-order valence-electron chi connectivity index (χ4n) is 2.41. The predicted molar refractivity (Wildman–Crippen MR) is 95.2 cm³/mol. The Morgan fingerprint density at radius 2 is 1.68 bits per heavy atom. The molecule has 25 heavy (non-hydrogen) atoms. The molecule has 0 heterocycles. The molecule has 1 saturated carbocycles. The molecule has 2 aromatic carbocycles. The highest BCUT2D eigenvalue weighted by molar-refractivity contribution is 6.30. The van der Waals surface area contributed by atoms with Gasteiger partial charge >= 0.3 is 0 Å². The Morgan fingerprint density at radius 1 is 1.00 bits per heavy atom. The molecule has 1 aliphatic rings. The van der Waals surface area contributed by atoms with Crippen molar-refractivity contribution in [2.24, 2.45) is 5.92 Å². The Hall–Kier alpha value is -2.53. The van der Waals surface area contributed by atoms with Crippen LogP contribution in [0, 0.1) is 5.92 Å². The molecule has 5 nitrogen and oxygen atoms in total. The number of benzene rings is 2. The molecule has 0 spiro atoms. The summed E-state index contributed by atoms with van der Waals surface area (Å²) in [5.74, 6) is 0.308. The summed E-state index contributed by atoms with van der Waals surface area (Å²) in [6.45, 7) is 0.391. The summed E-state index contributed by atoms with van der Waals surface area (Å²) < 4.78 is 5.66. The summed E-state index contributed by atoms with van der Waals surface area (Å²) in [7, 11) is 0. The summed E-state index contributed by atoms with van der Waals surface area (Å²) in [4.78, 5) is 23.7. The highest BCUT2D eigenvalue weighted by atomic mass is 35.5. The van der Waals surface area contributed by atoms with Crippen LogP contribution in [-0.2, 0) is 11.4 Å². The number of hydrogen-bond acceptors (Lipinski definition) is 3. The molecule has 0 saturated heterocycles. The van der Waals surface area contributed by atoms with E-state index in [1.54, 1.807) is 36.4 Å². The van der Waals surface area contributed by atoms with Crippen molar-refractivity contribution in [1.82, 2.24) is 10.9 Å². The molecule has 0 bridgehead atoms. The van der Waals surface area contributed by atoms with Crippen LogP contribution < -0.4 is 15.6 Å². The molecule has 0 atom stereocenters. The minimum Gasteiger partial charge on any atom is -0.489 e. The Bertz CT molecular complexity index is 740. The third-order valence-electron chi connectivity index (χ3n) is 4.21. The van der Waals surface area contributed by atoms with Gasteiger partial charge in [0.25, 0.3) is 5.91 Å². The molecular weight excluding hydrogens is 340 g/mol. The number of hydrazine groups is 1. The number of halogens is 1. The van der Waals surface area contributed by atoms with E-state index in [0.717, 1.165) is 30.6 Å². The summed E-state index contributed by atoms with van der Waals surface area (Å²) in [6, 6.07) is 14.2. The van der Waals surface area contributed by atoms with Gasteiger partial charge in [0.15, 0.2) is 0 Å². The Balaban J connectivity index is 1.48. The molecule has 2 aromatic rings. The predicted octanol–water partition coefficient (Wildman–Crippen LogP) is 3.48. The number of hydrogen-bond donors (Lipinski definition) is 2. The quantitative estimate of drug-likeness (QED) is 0.804. The van der Waals surface area contributed by atoms with Crippen molar-refractivity contribution in [3.05, 3.63) is 64.7 Å². The zero-order valence-corrected chi connectivity index (χ0v) is 14.4. The Labute approximate surface area is 151 Å². The average Bonchev–Trinajstić information content (AvgIpc) is 2.58. The van der Waals surface area contributed by atoms with Crippen molar-refractivity contribution < 1.29 is 14.3 Å². The number of carbonyl (C=O) groups is 2. The first-order valence-corrected chi connectivity index (χ1v) is 8.57. The molecule has 1 aliphatic carbocycles. The second-order valence-corrected chi connectivity index (χ2v) is 6.45. The van der Waals surface area contributed by atoms with E-state index in [0.29, 0.717) is 17.2 Å². The van der Waals surface area contributed by atoms with Crippen LogP contribution in [0.25, 0.3) is 0 Å². The van der Waals surface area contributed by atoms with Crippen LogP contribution in [0.1, 0.15) is 35.2 Å². The Kier molecular flexibility index (Phi) is 5.56. The SMILES string of the molecule is O=C(NNC(=O)C1CCC1)c1ccc(COc2ccc(Cl)cc2)cc1. The largest absolute Gasteiger partial charge is 0.489 e. The zero-order valence-electron chi connectivity index (χ0n) is 13.6. The van der Waals surface area contributed by atoms with E-state index in [-0.39, 0.29) is 17.7 Å². The maximum atomic E-state index is 12.0. The van der Waals surface area contributed by atoms with Gasteiger partial charge in [-0.15, -0.1) is 0 Å². The van der Waals surface area contributed by atoms with Gasteiger partial charge < -0.3 is 4.74 Å². The molecule has 6 heteroatoms. The van der Waals surface area contributed by atoms with E-state index in [9.17, 15) is 9.59 Å². The van der Waals surface area contributed by atoms with Gasteiger partial charge in [0.1, 0.15) is 12.4 Å². The lowest BCUT2D eigenvalue weighted by atomic mass is 9.85. The molecule has 3 rings (SSSR count). The second-order valence-electron chi connectivity index (χ2n) is 6.01. The lowest BCUT2D eigenvalue weighted by Crippen LogP contribution is -2.46. The minimum atomic E-state index is -0.335. The molecule has 0 radical (unpaired) electrons. The maximum absolute atomic E-state index is 12.0. The molecule has 2 amide bonds.